The average molecular weight is 364 g/mol. The Labute approximate surface area is 156 Å². The summed E-state index contributed by atoms with van der Waals surface area (Å²) in [5.74, 6) is 0.455. The zero-order valence-electron chi connectivity index (χ0n) is 14.9. The van der Waals surface area contributed by atoms with E-state index in [1.807, 2.05) is 24.3 Å². The molecular formula is C20H20N4O3. The molecule has 0 bridgehead atoms. The SMILES string of the molecule is Cn1cnnc1C(CO)NC(=O)OCC1c2ccccc2-c2ccccc21. The number of amides is 1. The van der Waals surface area contributed by atoms with Gasteiger partial charge in [-0.3, -0.25) is 0 Å². The first-order valence-corrected chi connectivity index (χ1v) is 8.75. The van der Waals surface area contributed by atoms with Gasteiger partial charge in [0.15, 0.2) is 5.82 Å². The van der Waals surface area contributed by atoms with Crippen LogP contribution in [0, 0.1) is 0 Å². The van der Waals surface area contributed by atoms with Gasteiger partial charge in [-0.25, -0.2) is 4.79 Å². The van der Waals surface area contributed by atoms with Crippen LogP contribution in [0.15, 0.2) is 54.9 Å². The van der Waals surface area contributed by atoms with Crippen LogP contribution < -0.4 is 5.32 Å². The Hall–Kier alpha value is -3.19. The van der Waals surface area contributed by atoms with Crippen LogP contribution in [-0.4, -0.2) is 39.2 Å². The van der Waals surface area contributed by atoms with Crippen molar-refractivity contribution in [2.45, 2.75) is 12.0 Å². The first kappa shape index (κ1) is 17.2. The molecule has 1 aliphatic carbocycles. The third-order valence-corrected chi connectivity index (χ3v) is 4.88. The minimum absolute atomic E-state index is 0.00875. The van der Waals surface area contributed by atoms with E-state index >= 15 is 0 Å². The molecule has 138 valence electrons. The highest BCUT2D eigenvalue weighted by atomic mass is 16.5. The molecule has 0 saturated heterocycles. The van der Waals surface area contributed by atoms with E-state index in [1.165, 1.54) is 17.5 Å². The first-order chi connectivity index (χ1) is 13.2. The number of nitrogens with one attached hydrogen (secondary N) is 1. The van der Waals surface area contributed by atoms with Crippen LogP contribution in [0.2, 0.25) is 0 Å². The van der Waals surface area contributed by atoms with E-state index < -0.39 is 12.1 Å². The van der Waals surface area contributed by atoms with Gasteiger partial charge in [-0.1, -0.05) is 48.5 Å². The summed E-state index contributed by atoms with van der Waals surface area (Å²) in [4.78, 5) is 12.3. The molecule has 0 aliphatic heterocycles. The number of rotatable bonds is 5. The summed E-state index contributed by atoms with van der Waals surface area (Å²) in [7, 11) is 1.75. The molecule has 7 nitrogen and oxygen atoms in total. The van der Waals surface area contributed by atoms with Crippen molar-refractivity contribution in [3.05, 3.63) is 71.8 Å². The Morgan fingerprint density at radius 1 is 1.19 bits per heavy atom. The van der Waals surface area contributed by atoms with E-state index in [4.69, 9.17) is 4.74 Å². The molecule has 1 aromatic heterocycles. The number of aliphatic hydroxyl groups is 1. The Morgan fingerprint density at radius 3 is 2.37 bits per heavy atom. The van der Waals surface area contributed by atoms with Crippen LogP contribution in [0.1, 0.15) is 28.9 Å². The number of carbonyl (C=O) groups excluding carboxylic acids is 1. The van der Waals surface area contributed by atoms with Gasteiger partial charge in [-0.2, -0.15) is 0 Å². The molecule has 0 spiro atoms. The summed E-state index contributed by atoms with van der Waals surface area (Å²) in [6.45, 7) is -0.0758. The number of aromatic nitrogens is 3. The molecule has 2 aromatic carbocycles. The topological polar surface area (TPSA) is 89.3 Å². The average Bonchev–Trinajstić information content (AvgIpc) is 3.26. The number of benzene rings is 2. The normalized spacial score (nSPS) is 13.7. The van der Waals surface area contributed by atoms with Crippen LogP contribution in [-0.2, 0) is 11.8 Å². The van der Waals surface area contributed by atoms with Gasteiger partial charge in [0.1, 0.15) is 19.0 Å². The molecule has 0 radical (unpaired) electrons. The number of hydrogen-bond donors (Lipinski definition) is 2. The van der Waals surface area contributed by atoms with Crippen LogP contribution in [0.4, 0.5) is 4.79 Å². The summed E-state index contributed by atoms with van der Waals surface area (Å²) >= 11 is 0. The van der Waals surface area contributed by atoms with E-state index in [-0.39, 0.29) is 19.1 Å². The Morgan fingerprint density at radius 2 is 1.81 bits per heavy atom. The van der Waals surface area contributed by atoms with Crippen molar-refractivity contribution >= 4 is 6.09 Å². The fourth-order valence-electron chi connectivity index (χ4n) is 3.58. The summed E-state index contributed by atoms with van der Waals surface area (Å²) in [5.41, 5.74) is 4.65. The standard InChI is InChI=1S/C20H20N4O3/c1-24-12-21-23-19(24)18(10-25)22-20(26)27-11-17-15-8-4-2-6-13(15)14-7-3-5-9-16(14)17/h2-9,12,17-18,25H,10-11H2,1H3,(H,22,26). The predicted octanol–water partition coefficient (Wildman–Crippen LogP) is 2.39. The lowest BCUT2D eigenvalue weighted by atomic mass is 9.98. The maximum atomic E-state index is 12.3. The number of aliphatic hydroxyl groups excluding tert-OH is 1. The maximum Gasteiger partial charge on any atom is 0.407 e. The number of fused-ring (bicyclic) bond motifs is 3. The molecule has 1 atom stereocenters. The lowest BCUT2D eigenvalue weighted by Gasteiger charge is -2.18. The van der Waals surface area contributed by atoms with Crippen molar-refractivity contribution in [2.24, 2.45) is 7.05 Å². The summed E-state index contributed by atoms with van der Waals surface area (Å²) < 4.78 is 7.13. The molecule has 27 heavy (non-hydrogen) atoms. The summed E-state index contributed by atoms with van der Waals surface area (Å²) in [5, 5.41) is 19.9. The smallest absolute Gasteiger partial charge is 0.407 e. The molecule has 2 N–H and O–H groups in total. The zero-order chi connectivity index (χ0) is 18.8. The van der Waals surface area contributed by atoms with E-state index in [1.54, 1.807) is 11.6 Å². The maximum absolute atomic E-state index is 12.3. The molecule has 0 fully saturated rings. The number of ether oxygens (including phenoxy) is 1. The molecule has 1 unspecified atom stereocenters. The highest BCUT2D eigenvalue weighted by Gasteiger charge is 2.29. The van der Waals surface area contributed by atoms with Gasteiger partial charge >= 0.3 is 6.09 Å². The van der Waals surface area contributed by atoms with Crippen molar-refractivity contribution in [3.8, 4) is 11.1 Å². The van der Waals surface area contributed by atoms with Gasteiger partial charge < -0.3 is 19.7 Å². The molecule has 1 heterocycles. The Balaban J connectivity index is 1.47. The van der Waals surface area contributed by atoms with Crippen LogP contribution in [0.3, 0.4) is 0 Å². The van der Waals surface area contributed by atoms with Gasteiger partial charge in [0.25, 0.3) is 0 Å². The van der Waals surface area contributed by atoms with Crippen molar-refractivity contribution in [1.82, 2.24) is 20.1 Å². The van der Waals surface area contributed by atoms with Crippen molar-refractivity contribution in [2.75, 3.05) is 13.2 Å². The molecule has 1 aliphatic rings. The number of nitrogens with zero attached hydrogens (tertiary/aromatic N) is 3. The lowest BCUT2D eigenvalue weighted by Crippen LogP contribution is -2.33. The van der Waals surface area contributed by atoms with Crippen LogP contribution >= 0.6 is 0 Å². The lowest BCUT2D eigenvalue weighted by molar-refractivity contribution is 0.131. The van der Waals surface area contributed by atoms with Crippen molar-refractivity contribution in [3.63, 3.8) is 0 Å². The van der Waals surface area contributed by atoms with Crippen LogP contribution in [0.25, 0.3) is 11.1 Å². The minimum atomic E-state index is -0.673. The van der Waals surface area contributed by atoms with Gasteiger partial charge in [-0.05, 0) is 22.3 Å². The molecule has 4 rings (SSSR count). The molecule has 0 saturated carbocycles. The third-order valence-electron chi connectivity index (χ3n) is 4.88. The van der Waals surface area contributed by atoms with Crippen molar-refractivity contribution < 1.29 is 14.6 Å². The summed E-state index contributed by atoms with van der Waals surface area (Å²) in [6, 6.07) is 15.6. The molecule has 7 heteroatoms. The number of aryl methyl sites for hydroxylation is 1. The molecule has 1 amide bonds. The largest absolute Gasteiger partial charge is 0.449 e. The third kappa shape index (κ3) is 3.17. The van der Waals surface area contributed by atoms with Gasteiger partial charge in [-0.15, -0.1) is 10.2 Å². The fourth-order valence-corrected chi connectivity index (χ4v) is 3.58. The van der Waals surface area contributed by atoms with E-state index in [0.717, 1.165) is 11.1 Å². The van der Waals surface area contributed by atoms with E-state index in [9.17, 15) is 9.90 Å². The summed E-state index contributed by atoms with van der Waals surface area (Å²) in [6.07, 6.45) is 0.913. The second-order valence-electron chi connectivity index (χ2n) is 6.51. The quantitative estimate of drug-likeness (QED) is 0.726. The Kier molecular flexibility index (Phi) is 4.60. The predicted molar refractivity (Wildman–Crippen MR) is 99.0 cm³/mol. The van der Waals surface area contributed by atoms with Crippen LogP contribution in [0.5, 0.6) is 0 Å². The van der Waals surface area contributed by atoms with Gasteiger partial charge in [0, 0.05) is 13.0 Å². The highest BCUT2D eigenvalue weighted by Crippen LogP contribution is 2.44. The van der Waals surface area contributed by atoms with Crippen molar-refractivity contribution in [1.29, 1.82) is 0 Å². The number of carbonyl (C=O) groups is 1. The first-order valence-electron chi connectivity index (χ1n) is 8.75. The monoisotopic (exact) mass is 364 g/mol. The second kappa shape index (κ2) is 7.20. The zero-order valence-corrected chi connectivity index (χ0v) is 14.9. The van der Waals surface area contributed by atoms with Gasteiger partial charge in [0.05, 0.1) is 6.61 Å². The number of alkyl carbamates (subject to hydrolysis) is 1. The molecule has 3 aromatic rings. The Bertz CT molecular complexity index is 924. The number of hydrogen-bond acceptors (Lipinski definition) is 5. The fraction of sp³-hybridized carbons (Fsp3) is 0.250. The molecular weight excluding hydrogens is 344 g/mol. The van der Waals surface area contributed by atoms with E-state index in [2.05, 4.69) is 39.8 Å². The second-order valence-corrected chi connectivity index (χ2v) is 6.51. The minimum Gasteiger partial charge on any atom is -0.449 e. The van der Waals surface area contributed by atoms with Gasteiger partial charge in [0.2, 0.25) is 0 Å². The highest BCUT2D eigenvalue weighted by molar-refractivity contribution is 5.79. The van der Waals surface area contributed by atoms with E-state index in [0.29, 0.717) is 5.82 Å².